The quantitative estimate of drug-likeness (QED) is 0.462. The van der Waals surface area contributed by atoms with E-state index in [1.54, 1.807) is 20.8 Å². The third kappa shape index (κ3) is 6.92. The minimum atomic E-state index is -3.82. The molecule has 2 aromatic rings. The number of rotatable bonds is 8. The van der Waals surface area contributed by atoms with E-state index < -0.39 is 30.0 Å². The number of amides is 1. The topological polar surface area (TPSA) is 81.7 Å². The minimum absolute atomic E-state index is 0.191. The van der Waals surface area contributed by atoms with Gasteiger partial charge in [-0.1, -0.05) is 81.4 Å². The molecule has 0 fully saturated rings. The maximum atomic E-state index is 12.3. The van der Waals surface area contributed by atoms with Gasteiger partial charge in [-0.05, 0) is 42.6 Å². The summed E-state index contributed by atoms with van der Waals surface area (Å²) in [4.78, 5) is 11.8. The van der Waals surface area contributed by atoms with Gasteiger partial charge in [-0.2, -0.15) is 0 Å². The molecular formula is C24H35NO5SSi. The Morgan fingerprint density at radius 2 is 1.34 bits per heavy atom. The van der Waals surface area contributed by atoms with Crippen molar-refractivity contribution >= 4 is 34.8 Å². The van der Waals surface area contributed by atoms with Crippen molar-refractivity contribution in [1.82, 2.24) is 4.72 Å². The van der Waals surface area contributed by atoms with Gasteiger partial charge in [0, 0.05) is 6.61 Å². The second-order valence-electron chi connectivity index (χ2n) is 9.79. The average Bonchev–Trinajstić information content (AvgIpc) is 2.66. The van der Waals surface area contributed by atoms with E-state index in [-0.39, 0.29) is 23.8 Å². The zero-order valence-electron chi connectivity index (χ0n) is 19.8. The first-order valence-corrected chi connectivity index (χ1v) is 14.3. The molecule has 0 atom stereocenters. The molecule has 0 saturated heterocycles. The molecule has 0 aliphatic rings. The Bertz CT molecular complexity index is 941. The molecule has 1 amide bonds. The van der Waals surface area contributed by atoms with Crippen LogP contribution in [0.1, 0.15) is 48.0 Å². The van der Waals surface area contributed by atoms with Crippen molar-refractivity contribution in [2.24, 2.45) is 0 Å². The highest BCUT2D eigenvalue weighted by molar-refractivity contribution is 7.90. The highest BCUT2D eigenvalue weighted by atomic mass is 32.2. The van der Waals surface area contributed by atoms with Crippen LogP contribution in [0.15, 0.2) is 60.7 Å². The zero-order valence-corrected chi connectivity index (χ0v) is 21.7. The third-order valence-corrected chi connectivity index (χ3v) is 11.3. The fraction of sp³-hybridized carbons (Fsp3) is 0.458. The number of sulfonamides is 1. The standard InChI is InChI=1S/C24H35NO5SSi/c1-23(2,3)30-22(26)25-31(27,28)19-13-18-29-32(24(4,5)6,20-14-9-7-10-15-20)21-16-11-8-12-17-21/h7-12,14-17H,13,18-19H2,1-6H3,(H,25,26). The number of ether oxygens (including phenoxy) is 1. The normalized spacial score (nSPS) is 12.9. The van der Waals surface area contributed by atoms with E-state index in [4.69, 9.17) is 9.16 Å². The second-order valence-corrected chi connectivity index (χ2v) is 15.9. The number of carbonyl (C=O) groups is 1. The van der Waals surface area contributed by atoms with Crippen LogP contribution in [-0.4, -0.2) is 40.8 Å². The molecule has 0 aliphatic carbocycles. The van der Waals surface area contributed by atoms with E-state index in [9.17, 15) is 13.2 Å². The molecule has 1 N–H and O–H groups in total. The molecule has 0 heterocycles. The van der Waals surface area contributed by atoms with Crippen LogP contribution in [0.25, 0.3) is 0 Å². The molecule has 0 unspecified atom stereocenters. The summed E-state index contributed by atoms with van der Waals surface area (Å²) in [5.41, 5.74) is -0.772. The van der Waals surface area contributed by atoms with Gasteiger partial charge >= 0.3 is 6.09 Å². The van der Waals surface area contributed by atoms with Crippen LogP contribution in [0.5, 0.6) is 0 Å². The number of benzene rings is 2. The number of hydrogen-bond donors (Lipinski definition) is 1. The van der Waals surface area contributed by atoms with Crippen LogP contribution < -0.4 is 15.1 Å². The summed E-state index contributed by atoms with van der Waals surface area (Å²) in [5, 5.41) is 2.07. The van der Waals surface area contributed by atoms with Gasteiger partial charge in [0.1, 0.15) is 5.60 Å². The minimum Gasteiger partial charge on any atom is -0.443 e. The van der Waals surface area contributed by atoms with Crippen molar-refractivity contribution in [3.05, 3.63) is 60.7 Å². The Morgan fingerprint density at radius 3 is 1.75 bits per heavy atom. The Labute approximate surface area is 193 Å². The van der Waals surface area contributed by atoms with E-state index >= 15 is 0 Å². The Balaban J connectivity index is 2.19. The lowest BCUT2D eigenvalue weighted by Gasteiger charge is -2.43. The van der Waals surface area contributed by atoms with Crippen LogP contribution in [0, 0.1) is 0 Å². The van der Waals surface area contributed by atoms with Gasteiger partial charge in [0.25, 0.3) is 8.32 Å². The molecule has 0 saturated carbocycles. The maximum Gasteiger partial charge on any atom is 0.421 e. The first-order chi connectivity index (χ1) is 14.8. The number of nitrogens with one attached hydrogen (secondary N) is 1. The molecule has 0 spiro atoms. The molecule has 8 heteroatoms. The SMILES string of the molecule is CC(C)(C)OC(=O)NS(=O)(=O)CCCO[Si](c1ccccc1)(c1ccccc1)C(C)(C)C. The first kappa shape index (κ1) is 26.1. The molecular weight excluding hydrogens is 442 g/mol. The van der Waals surface area contributed by atoms with Gasteiger partial charge in [-0.3, -0.25) is 0 Å². The summed E-state index contributed by atoms with van der Waals surface area (Å²) < 4.78 is 38.4. The summed E-state index contributed by atoms with van der Waals surface area (Å²) in [6.45, 7) is 11.8. The third-order valence-electron chi connectivity index (χ3n) is 4.93. The van der Waals surface area contributed by atoms with E-state index in [1.807, 2.05) is 41.1 Å². The zero-order chi connectivity index (χ0) is 24.0. The molecule has 0 bridgehead atoms. The summed E-state index contributed by atoms with van der Waals surface area (Å²) >= 11 is 0. The van der Waals surface area contributed by atoms with Crippen molar-refractivity contribution in [1.29, 1.82) is 0 Å². The fourth-order valence-corrected chi connectivity index (χ4v) is 9.21. The van der Waals surface area contributed by atoms with E-state index in [0.29, 0.717) is 0 Å². The highest BCUT2D eigenvalue weighted by Crippen LogP contribution is 2.36. The van der Waals surface area contributed by atoms with Gasteiger partial charge in [0.15, 0.2) is 0 Å². The van der Waals surface area contributed by atoms with Crippen molar-refractivity contribution in [2.75, 3.05) is 12.4 Å². The Kier molecular flexibility index (Phi) is 8.31. The highest BCUT2D eigenvalue weighted by Gasteiger charge is 2.50. The van der Waals surface area contributed by atoms with Crippen LogP contribution in [0.2, 0.25) is 5.04 Å². The maximum absolute atomic E-state index is 12.3. The summed E-state index contributed by atoms with van der Waals surface area (Å²) in [6, 6.07) is 20.3. The van der Waals surface area contributed by atoms with Gasteiger partial charge < -0.3 is 9.16 Å². The second kappa shape index (κ2) is 10.2. The summed E-state index contributed by atoms with van der Waals surface area (Å²) in [6.07, 6.45) is -0.715. The molecule has 32 heavy (non-hydrogen) atoms. The number of hydrogen-bond acceptors (Lipinski definition) is 5. The predicted octanol–water partition coefficient (Wildman–Crippen LogP) is 3.81. The molecule has 2 rings (SSSR count). The Hall–Kier alpha value is -2.16. The Morgan fingerprint density at radius 1 is 0.875 bits per heavy atom. The van der Waals surface area contributed by atoms with Crippen molar-refractivity contribution < 1.29 is 22.4 Å². The molecule has 2 aromatic carbocycles. The van der Waals surface area contributed by atoms with Crippen molar-refractivity contribution in [3.8, 4) is 0 Å². The van der Waals surface area contributed by atoms with Crippen LogP contribution >= 0.6 is 0 Å². The van der Waals surface area contributed by atoms with Crippen molar-refractivity contribution in [3.63, 3.8) is 0 Å². The van der Waals surface area contributed by atoms with Crippen molar-refractivity contribution in [2.45, 2.75) is 58.6 Å². The van der Waals surface area contributed by atoms with Gasteiger partial charge in [-0.15, -0.1) is 0 Å². The van der Waals surface area contributed by atoms with Gasteiger partial charge in [0.05, 0.1) is 5.75 Å². The predicted molar refractivity (Wildman–Crippen MR) is 131 cm³/mol. The largest absolute Gasteiger partial charge is 0.443 e. The molecule has 6 nitrogen and oxygen atoms in total. The fourth-order valence-electron chi connectivity index (χ4n) is 3.71. The first-order valence-electron chi connectivity index (χ1n) is 10.8. The van der Waals surface area contributed by atoms with E-state index in [1.165, 1.54) is 0 Å². The van der Waals surface area contributed by atoms with Crippen LogP contribution in [-0.2, 0) is 19.2 Å². The van der Waals surface area contributed by atoms with E-state index in [0.717, 1.165) is 10.4 Å². The lowest BCUT2D eigenvalue weighted by atomic mass is 10.2. The average molecular weight is 478 g/mol. The summed E-state index contributed by atoms with van der Waals surface area (Å²) in [5.74, 6) is -0.232. The molecule has 0 aliphatic heterocycles. The molecule has 0 radical (unpaired) electrons. The molecule has 0 aromatic heterocycles. The lowest BCUT2D eigenvalue weighted by Crippen LogP contribution is -2.66. The monoisotopic (exact) mass is 477 g/mol. The number of carbonyl (C=O) groups excluding carboxylic acids is 1. The van der Waals surface area contributed by atoms with Gasteiger partial charge in [0.2, 0.25) is 10.0 Å². The summed E-state index contributed by atoms with van der Waals surface area (Å²) in [7, 11) is -6.54. The van der Waals surface area contributed by atoms with Crippen LogP contribution in [0.3, 0.4) is 0 Å². The van der Waals surface area contributed by atoms with Crippen LogP contribution in [0.4, 0.5) is 4.79 Å². The molecule has 176 valence electrons. The van der Waals surface area contributed by atoms with E-state index in [2.05, 4.69) is 45.0 Å². The lowest BCUT2D eigenvalue weighted by molar-refractivity contribution is 0.0570. The smallest absolute Gasteiger partial charge is 0.421 e. The van der Waals surface area contributed by atoms with Gasteiger partial charge in [-0.25, -0.2) is 17.9 Å².